The monoisotopic (exact) mass is 579 g/mol. The lowest BCUT2D eigenvalue weighted by Crippen LogP contribution is -2.56. The van der Waals surface area contributed by atoms with Gasteiger partial charge in [0, 0.05) is 29.7 Å². The smallest absolute Gasteiger partial charge is 0.251 e. The van der Waals surface area contributed by atoms with Gasteiger partial charge in [0.15, 0.2) is 0 Å². The van der Waals surface area contributed by atoms with Crippen molar-refractivity contribution in [2.24, 2.45) is 11.8 Å². The van der Waals surface area contributed by atoms with Crippen LogP contribution in [-0.4, -0.2) is 69.5 Å². The van der Waals surface area contributed by atoms with E-state index in [1.165, 1.54) is 0 Å². The third kappa shape index (κ3) is 3.96. The maximum Gasteiger partial charge on any atom is 0.251 e. The minimum Gasteiger partial charge on any atom is -0.394 e. The largest absolute Gasteiger partial charge is 0.394 e. The van der Waals surface area contributed by atoms with Crippen molar-refractivity contribution in [2.75, 3.05) is 29.5 Å². The molecule has 2 saturated heterocycles. The molecule has 8 heteroatoms. The molecule has 7 nitrogen and oxygen atoms in total. The number of hydrogen-bond acceptors (Lipinski definition) is 5. The van der Waals surface area contributed by atoms with Gasteiger partial charge in [-0.3, -0.25) is 14.4 Å². The van der Waals surface area contributed by atoms with Crippen LogP contribution in [0.4, 0.5) is 11.4 Å². The van der Waals surface area contributed by atoms with Crippen LogP contribution in [0.25, 0.3) is 10.8 Å². The molecule has 6 atom stereocenters. The predicted molar refractivity (Wildman–Crippen MR) is 166 cm³/mol. The van der Waals surface area contributed by atoms with Gasteiger partial charge < -0.3 is 19.8 Å². The summed E-state index contributed by atoms with van der Waals surface area (Å²) in [7, 11) is 0. The lowest BCUT2D eigenvalue weighted by Gasteiger charge is -2.38. The highest BCUT2D eigenvalue weighted by Gasteiger charge is 2.71. The molecule has 214 valence electrons. The third-order valence-electron chi connectivity index (χ3n) is 9.28. The van der Waals surface area contributed by atoms with Crippen LogP contribution in [0, 0.1) is 11.8 Å². The van der Waals surface area contributed by atoms with Gasteiger partial charge in [-0.15, -0.1) is 11.8 Å². The first kappa shape index (κ1) is 27.0. The molecule has 0 bridgehead atoms. The second kappa shape index (κ2) is 10.4. The molecule has 42 heavy (non-hydrogen) atoms. The van der Waals surface area contributed by atoms with Gasteiger partial charge in [0.25, 0.3) is 5.91 Å². The van der Waals surface area contributed by atoms with E-state index in [4.69, 9.17) is 0 Å². The van der Waals surface area contributed by atoms with Crippen molar-refractivity contribution in [3.8, 4) is 0 Å². The summed E-state index contributed by atoms with van der Waals surface area (Å²) in [4.78, 5) is 48.7. The van der Waals surface area contributed by atoms with Crippen molar-refractivity contribution in [3.05, 3.63) is 97.1 Å². The molecule has 2 fully saturated rings. The van der Waals surface area contributed by atoms with Crippen LogP contribution in [0.3, 0.4) is 0 Å². The van der Waals surface area contributed by atoms with E-state index in [0.29, 0.717) is 19.5 Å². The number of aliphatic hydroxyl groups is 1. The molecule has 0 saturated carbocycles. The van der Waals surface area contributed by atoms with E-state index in [-0.39, 0.29) is 29.6 Å². The van der Waals surface area contributed by atoms with Crippen molar-refractivity contribution < 1.29 is 19.5 Å². The third-order valence-corrected chi connectivity index (χ3v) is 11.0. The fourth-order valence-corrected chi connectivity index (χ4v) is 9.29. The van der Waals surface area contributed by atoms with Gasteiger partial charge in [-0.05, 0) is 41.5 Å². The zero-order chi connectivity index (χ0) is 29.0. The van der Waals surface area contributed by atoms with Gasteiger partial charge in [-0.1, -0.05) is 79.8 Å². The highest BCUT2D eigenvalue weighted by atomic mass is 32.2. The number of para-hydroxylation sites is 1. The maximum absolute atomic E-state index is 14.7. The standard InChI is InChI=1S/C34H33N3O4S/c1-2-24(21-38)37-30-33(41)36(26-16-15-22-10-6-7-11-23(22)20-26)19-9-17-34(30)29(32(37)40)28-27(42-34)14-8-18-35(31(28)39)25-12-4-3-5-13-25/h3-17,20,24,27-30,38H,2,18-19,21H2,1H3/t24-,27+,28-,29-,30?,34-/m0/s1. The average Bonchev–Trinajstić information content (AvgIpc) is 3.33. The molecule has 0 aromatic heterocycles. The molecule has 1 spiro atoms. The van der Waals surface area contributed by atoms with E-state index in [0.717, 1.165) is 22.1 Å². The Morgan fingerprint density at radius 1 is 0.857 bits per heavy atom. The zero-order valence-corrected chi connectivity index (χ0v) is 24.2. The minimum absolute atomic E-state index is 0.104. The van der Waals surface area contributed by atoms with Crippen LogP contribution >= 0.6 is 11.8 Å². The number of aliphatic hydroxyl groups excluding tert-OH is 1. The van der Waals surface area contributed by atoms with E-state index >= 15 is 0 Å². The number of rotatable bonds is 5. The Kier molecular flexibility index (Phi) is 6.71. The maximum atomic E-state index is 14.7. The van der Waals surface area contributed by atoms with Crippen molar-refractivity contribution in [3.63, 3.8) is 0 Å². The Morgan fingerprint density at radius 3 is 2.33 bits per heavy atom. The van der Waals surface area contributed by atoms with Crippen LogP contribution in [0.15, 0.2) is 97.1 Å². The Hall–Kier alpha value is -3.88. The Morgan fingerprint density at radius 2 is 1.57 bits per heavy atom. The molecule has 4 aliphatic rings. The highest BCUT2D eigenvalue weighted by molar-refractivity contribution is 8.02. The Labute approximate surface area is 249 Å². The first-order valence-corrected chi connectivity index (χ1v) is 15.5. The fraction of sp³-hybridized carbons (Fsp3) is 0.324. The number of likely N-dealkylation sites (tertiary alicyclic amines) is 1. The van der Waals surface area contributed by atoms with Crippen LogP contribution in [0.5, 0.6) is 0 Å². The van der Waals surface area contributed by atoms with Crippen molar-refractivity contribution in [2.45, 2.75) is 35.4 Å². The van der Waals surface area contributed by atoms with Crippen molar-refractivity contribution in [1.29, 1.82) is 0 Å². The molecule has 3 aromatic carbocycles. The first-order chi connectivity index (χ1) is 20.5. The van der Waals surface area contributed by atoms with E-state index in [2.05, 4.69) is 0 Å². The molecule has 4 heterocycles. The fourth-order valence-electron chi connectivity index (χ4n) is 7.30. The second-order valence-corrected chi connectivity index (χ2v) is 12.9. The van der Waals surface area contributed by atoms with Crippen molar-refractivity contribution in [1.82, 2.24) is 4.90 Å². The number of fused-ring (bicyclic) bond motifs is 3. The number of hydrogen-bond donors (Lipinski definition) is 1. The first-order valence-electron chi connectivity index (χ1n) is 14.6. The Bertz CT molecular complexity index is 1620. The van der Waals surface area contributed by atoms with Gasteiger partial charge in [0.2, 0.25) is 11.8 Å². The van der Waals surface area contributed by atoms with Gasteiger partial charge in [-0.25, -0.2) is 0 Å². The minimum atomic E-state index is -0.933. The number of carbonyl (C=O) groups is 3. The van der Waals surface area contributed by atoms with E-state index in [1.807, 2.05) is 104 Å². The summed E-state index contributed by atoms with van der Waals surface area (Å²) >= 11 is 1.56. The van der Waals surface area contributed by atoms with Crippen LogP contribution < -0.4 is 9.80 Å². The van der Waals surface area contributed by atoms with Crippen molar-refractivity contribution >= 4 is 51.6 Å². The van der Waals surface area contributed by atoms with Crippen LogP contribution in [-0.2, 0) is 14.4 Å². The normalized spacial score (nSPS) is 29.4. The van der Waals surface area contributed by atoms with Crippen LogP contribution in [0.2, 0.25) is 0 Å². The number of amides is 3. The van der Waals surface area contributed by atoms with Gasteiger partial charge >= 0.3 is 0 Å². The molecular weight excluding hydrogens is 546 g/mol. The molecular formula is C34H33N3O4S. The molecule has 3 amide bonds. The average molecular weight is 580 g/mol. The molecule has 0 aliphatic carbocycles. The van der Waals surface area contributed by atoms with E-state index in [1.54, 1.807) is 26.5 Å². The summed E-state index contributed by atoms with van der Waals surface area (Å²) in [6, 6.07) is 22.1. The molecule has 1 N–H and O–H groups in total. The highest BCUT2D eigenvalue weighted by Crippen LogP contribution is 2.61. The topological polar surface area (TPSA) is 81.2 Å². The molecule has 3 aromatic rings. The van der Waals surface area contributed by atoms with E-state index < -0.39 is 28.7 Å². The number of carbonyl (C=O) groups excluding carboxylic acids is 3. The number of nitrogens with zero attached hydrogens (tertiary/aromatic N) is 3. The summed E-state index contributed by atoms with van der Waals surface area (Å²) in [5, 5.41) is 12.3. The second-order valence-electron chi connectivity index (χ2n) is 11.4. The number of thioether (sulfide) groups is 1. The number of anilines is 2. The Balaban J connectivity index is 1.34. The quantitative estimate of drug-likeness (QED) is 0.453. The molecule has 4 aliphatic heterocycles. The summed E-state index contributed by atoms with van der Waals surface area (Å²) in [6.07, 6.45) is 8.56. The van der Waals surface area contributed by atoms with Crippen LogP contribution in [0.1, 0.15) is 13.3 Å². The van der Waals surface area contributed by atoms with Gasteiger partial charge in [0.05, 0.1) is 29.2 Å². The summed E-state index contributed by atoms with van der Waals surface area (Å²) in [5.41, 5.74) is 1.55. The zero-order valence-electron chi connectivity index (χ0n) is 23.4. The van der Waals surface area contributed by atoms with Gasteiger partial charge in [-0.2, -0.15) is 0 Å². The summed E-state index contributed by atoms with van der Waals surface area (Å²) in [6.45, 7) is 2.45. The summed E-state index contributed by atoms with van der Waals surface area (Å²) < 4.78 is -0.933. The lowest BCUT2D eigenvalue weighted by molar-refractivity contribution is -0.141. The number of benzene rings is 3. The predicted octanol–water partition coefficient (Wildman–Crippen LogP) is 4.41. The molecule has 1 unspecified atom stereocenters. The van der Waals surface area contributed by atoms with Gasteiger partial charge in [0.1, 0.15) is 6.04 Å². The molecule has 7 rings (SSSR count). The summed E-state index contributed by atoms with van der Waals surface area (Å²) in [5.74, 6) is -1.87. The lowest BCUT2D eigenvalue weighted by atomic mass is 9.78. The SMILES string of the molecule is CC[C@@H](CO)N1C(=O)[C@@H]2[C@H]3C(=O)N(c4ccccc4)CC=C[C@H]3S[C@@]23C=CCN(c2ccc4ccccc4c2)C(=O)C13. The molecule has 0 radical (unpaired) electrons. The van der Waals surface area contributed by atoms with E-state index in [9.17, 15) is 19.5 Å².